The van der Waals surface area contributed by atoms with Crippen molar-refractivity contribution >= 4 is 24.4 Å². The number of benzene rings is 1. The summed E-state index contributed by atoms with van der Waals surface area (Å²) in [5.74, 6) is -0.257. The molecule has 1 rings (SSSR count). The number of hydrogen-bond acceptors (Lipinski definition) is 3. The van der Waals surface area contributed by atoms with Crippen molar-refractivity contribution in [3.63, 3.8) is 0 Å². The van der Waals surface area contributed by atoms with E-state index >= 15 is 0 Å². The van der Waals surface area contributed by atoms with Gasteiger partial charge in [0, 0.05) is 19.0 Å². The van der Waals surface area contributed by atoms with Gasteiger partial charge in [0.25, 0.3) is 0 Å². The first kappa shape index (κ1) is 13.6. The van der Waals surface area contributed by atoms with E-state index < -0.39 is 0 Å². The lowest BCUT2D eigenvalue weighted by atomic mass is 10.1. The van der Waals surface area contributed by atoms with Gasteiger partial charge in [-0.25, -0.2) is 0 Å². The number of likely N-dealkylation sites (N-methyl/N-ethyl adjacent to an activating group) is 2. The molecule has 0 atom stereocenters. The third-order valence-corrected chi connectivity index (χ3v) is 2.68. The van der Waals surface area contributed by atoms with Crippen LogP contribution < -0.4 is 5.32 Å². The number of nitrogens with zero attached hydrogens (tertiary/aromatic N) is 1. The number of amides is 2. The lowest BCUT2D eigenvalue weighted by Gasteiger charge is -2.16. The van der Waals surface area contributed by atoms with Gasteiger partial charge < -0.3 is 10.2 Å². The molecule has 0 heterocycles. The van der Waals surface area contributed by atoms with Gasteiger partial charge in [0.15, 0.2) is 0 Å². The summed E-state index contributed by atoms with van der Waals surface area (Å²) in [4.78, 5) is 25.2. The Labute approximate surface area is 106 Å². The minimum atomic E-state index is -0.174. The van der Waals surface area contributed by atoms with Crippen molar-refractivity contribution in [1.29, 1.82) is 0 Å². The maximum atomic E-state index is 11.8. The van der Waals surface area contributed by atoms with Gasteiger partial charge in [-0.3, -0.25) is 9.59 Å². The quantitative estimate of drug-likeness (QED) is 0.776. The number of thiol groups is 1. The summed E-state index contributed by atoms with van der Waals surface area (Å²) in [7, 11) is 3.16. The Morgan fingerprint density at radius 3 is 2.41 bits per heavy atom. The molecule has 2 amide bonds. The largest absolute Gasteiger partial charge is 0.358 e. The predicted octanol–water partition coefficient (Wildman–Crippen LogP) is 0.722. The smallest absolute Gasteiger partial charge is 0.239 e. The van der Waals surface area contributed by atoms with E-state index in [2.05, 4.69) is 17.9 Å². The Kier molecular flexibility index (Phi) is 5.03. The molecule has 1 aromatic rings. The van der Waals surface area contributed by atoms with Crippen molar-refractivity contribution in [3.05, 3.63) is 29.8 Å². The van der Waals surface area contributed by atoms with E-state index in [0.717, 1.165) is 10.5 Å². The monoisotopic (exact) mass is 252 g/mol. The van der Waals surface area contributed by atoms with E-state index in [1.54, 1.807) is 14.1 Å². The summed E-state index contributed by atoms with van der Waals surface area (Å²) in [6.45, 7) is 0.0833. The fourth-order valence-corrected chi connectivity index (χ4v) is 1.46. The highest BCUT2D eigenvalue weighted by atomic mass is 32.1. The molecule has 17 heavy (non-hydrogen) atoms. The summed E-state index contributed by atoms with van der Waals surface area (Å²) >= 11 is 4.17. The van der Waals surface area contributed by atoms with Gasteiger partial charge in [0.05, 0.1) is 13.0 Å². The van der Waals surface area contributed by atoms with Gasteiger partial charge in [0.2, 0.25) is 11.8 Å². The molecule has 4 nitrogen and oxygen atoms in total. The van der Waals surface area contributed by atoms with Crippen LogP contribution in [0, 0.1) is 0 Å². The maximum Gasteiger partial charge on any atom is 0.239 e. The summed E-state index contributed by atoms with van der Waals surface area (Å²) in [6.07, 6.45) is 0.293. The van der Waals surface area contributed by atoms with Crippen molar-refractivity contribution in [2.24, 2.45) is 0 Å². The molecule has 5 heteroatoms. The van der Waals surface area contributed by atoms with Crippen LogP contribution in [0.5, 0.6) is 0 Å². The third kappa shape index (κ3) is 4.48. The molecular formula is C12H16N2O2S. The lowest BCUT2D eigenvalue weighted by molar-refractivity contribution is -0.134. The average Bonchev–Trinajstić information content (AvgIpc) is 2.31. The van der Waals surface area contributed by atoms with Gasteiger partial charge >= 0.3 is 0 Å². The summed E-state index contributed by atoms with van der Waals surface area (Å²) in [6, 6.07) is 7.39. The fraction of sp³-hybridized carbons (Fsp3) is 0.333. The van der Waals surface area contributed by atoms with Crippen molar-refractivity contribution in [3.8, 4) is 0 Å². The maximum absolute atomic E-state index is 11.8. The van der Waals surface area contributed by atoms with Crippen LogP contribution >= 0.6 is 12.6 Å². The van der Waals surface area contributed by atoms with E-state index in [9.17, 15) is 9.59 Å². The molecule has 0 unspecified atom stereocenters. The third-order valence-electron chi connectivity index (χ3n) is 2.38. The second kappa shape index (κ2) is 6.30. The summed E-state index contributed by atoms with van der Waals surface area (Å²) < 4.78 is 0. The number of rotatable bonds is 4. The minimum Gasteiger partial charge on any atom is -0.358 e. The normalized spacial score (nSPS) is 9.82. The highest BCUT2D eigenvalue weighted by molar-refractivity contribution is 7.80. The van der Waals surface area contributed by atoms with Crippen molar-refractivity contribution in [2.75, 3.05) is 20.6 Å². The van der Waals surface area contributed by atoms with E-state index in [0.29, 0.717) is 6.42 Å². The van der Waals surface area contributed by atoms with Crippen LogP contribution in [0.3, 0.4) is 0 Å². The molecule has 0 aliphatic carbocycles. The van der Waals surface area contributed by atoms with Crippen LogP contribution in [-0.2, 0) is 16.0 Å². The highest BCUT2D eigenvalue weighted by Gasteiger charge is 2.12. The van der Waals surface area contributed by atoms with Crippen LogP contribution in [-0.4, -0.2) is 37.4 Å². The van der Waals surface area contributed by atoms with Gasteiger partial charge in [-0.1, -0.05) is 12.1 Å². The second-order valence-corrected chi connectivity index (χ2v) is 4.28. The van der Waals surface area contributed by atoms with Crippen LogP contribution in [0.2, 0.25) is 0 Å². The topological polar surface area (TPSA) is 49.4 Å². The van der Waals surface area contributed by atoms with Crippen LogP contribution in [0.4, 0.5) is 0 Å². The summed E-state index contributed by atoms with van der Waals surface area (Å²) in [5.41, 5.74) is 0.913. The molecule has 0 radical (unpaired) electrons. The van der Waals surface area contributed by atoms with Crippen LogP contribution in [0.1, 0.15) is 5.56 Å². The molecule has 0 spiro atoms. The first-order valence-corrected chi connectivity index (χ1v) is 5.70. The molecular weight excluding hydrogens is 236 g/mol. The van der Waals surface area contributed by atoms with Gasteiger partial charge in [-0.2, -0.15) is 0 Å². The number of carbonyl (C=O) groups is 2. The summed E-state index contributed by atoms with van der Waals surface area (Å²) in [5, 5.41) is 2.48. The number of carbonyl (C=O) groups excluding carboxylic acids is 2. The second-order valence-electron chi connectivity index (χ2n) is 3.77. The van der Waals surface area contributed by atoms with Gasteiger partial charge in [-0.05, 0) is 17.7 Å². The zero-order valence-electron chi connectivity index (χ0n) is 9.93. The number of nitrogens with one attached hydrogen (secondary N) is 1. The Balaban J connectivity index is 2.54. The van der Waals surface area contributed by atoms with Crippen LogP contribution in [0.15, 0.2) is 29.2 Å². The molecule has 0 saturated heterocycles. The lowest BCUT2D eigenvalue weighted by Crippen LogP contribution is -2.37. The predicted molar refractivity (Wildman–Crippen MR) is 69.1 cm³/mol. The Hall–Kier alpha value is -1.49. The average molecular weight is 252 g/mol. The molecule has 0 aromatic heterocycles. The Morgan fingerprint density at radius 1 is 1.29 bits per heavy atom. The Morgan fingerprint density at radius 2 is 1.88 bits per heavy atom. The molecule has 1 aromatic carbocycles. The van der Waals surface area contributed by atoms with E-state index in [4.69, 9.17) is 0 Å². The van der Waals surface area contributed by atoms with Crippen molar-refractivity contribution in [1.82, 2.24) is 10.2 Å². The van der Waals surface area contributed by atoms with E-state index in [1.807, 2.05) is 24.3 Å². The Bertz CT molecular complexity index is 403. The van der Waals surface area contributed by atoms with Gasteiger partial charge in [-0.15, -0.1) is 12.6 Å². The first-order chi connectivity index (χ1) is 8.02. The molecule has 0 aliphatic rings. The minimum absolute atomic E-state index is 0.0829. The fourth-order valence-electron chi connectivity index (χ4n) is 1.31. The molecule has 0 saturated carbocycles. The molecule has 0 bridgehead atoms. The van der Waals surface area contributed by atoms with Crippen molar-refractivity contribution in [2.45, 2.75) is 11.3 Å². The van der Waals surface area contributed by atoms with E-state index in [1.165, 1.54) is 4.90 Å². The van der Waals surface area contributed by atoms with E-state index in [-0.39, 0.29) is 18.4 Å². The zero-order valence-corrected chi connectivity index (χ0v) is 10.8. The SMILES string of the molecule is CNC(=O)CN(C)C(=O)Cc1ccc(S)cc1. The molecule has 1 N–H and O–H groups in total. The standard InChI is InChI=1S/C12H16N2O2S/c1-13-11(15)8-14(2)12(16)7-9-3-5-10(17)6-4-9/h3-6,17H,7-8H2,1-2H3,(H,13,15). The molecule has 0 aliphatic heterocycles. The first-order valence-electron chi connectivity index (χ1n) is 5.25. The zero-order chi connectivity index (χ0) is 12.8. The van der Waals surface area contributed by atoms with Gasteiger partial charge in [0.1, 0.15) is 0 Å². The molecule has 92 valence electrons. The molecule has 0 fully saturated rings. The van der Waals surface area contributed by atoms with Crippen LogP contribution in [0.25, 0.3) is 0 Å². The van der Waals surface area contributed by atoms with Crippen molar-refractivity contribution < 1.29 is 9.59 Å². The number of hydrogen-bond donors (Lipinski definition) is 2. The highest BCUT2D eigenvalue weighted by Crippen LogP contribution is 2.08.